The van der Waals surface area contributed by atoms with Crippen LogP contribution in [0, 0.1) is 0 Å². The smallest absolute Gasteiger partial charge is 0.138 e. The lowest BCUT2D eigenvalue weighted by Crippen LogP contribution is -2.23. The number of hydrogen-bond donors (Lipinski definition) is 0. The Labute approximate surface area is 284 Å². The van der Waals surface area contributed by atoms with Crippen LogP contribution in [0.5, 0.6) is 0 Å². The number of pyridine rings is 1. The van der Waals surface area contributed by atoms with Gasteiger partial charge in [0.05, 0.1) is 29.1 Å². The van der Waals surface area contributed by atoms with E-state index in [-0.39, 0.29) is 0 Å². The van der Waals surface area contributed by atoms with Gasteiger partial charge in [-0.05, 0) is 82.9 Å². The lowest BCUT2D eigenvalue weighted by molar-refractivity contribution is 0.948. The third-order valence-electron chi connectivity index (χ3n) is 9.25. The fourth-order valence-corrected chi connectivity index (χ4v) is 7.93. The molecule has 0 spiro atoms. The van der Waals surface area contributed by atoms with Gasteiger partial charge in [0.1, 0.15) is 5.82 Å². The van der Waals surface area contributed by atoms with Gasteiger partial charge in [-0.2, -0.15) is 0 Å². The normalized spacial score (nSPS) is 12.6. The van der Waals surface area contributed by atoms with Crippen LogP contribution < -0.4 is 9.80 Å². The fraction of sp³-hybridized carbons (Fsp3) is 0.0465. The quantitative estimate of drug-likeness (QED) is 0.181. The zero-order valence-corrected chi connectivity index (χ0v) is 27.3. The van der Waals surface area contributed by atoms with Gasteiger partial charge in [-0.1, -0.05) is 109 Å². The summed E-state index contributed by atoms with van der Waals surface area (Å²) in [6.45, 7) is 0.835. The maximum Gasteiger partial charge on any atom is 0.138 e. The van der Waals surface area contributed by atoms with Crippen molar-refractivity contribution in [2.45, 2.75) is 9.79 Å². The highest BCUT2D eigenvalue weighted by molar-refractivity contribution is 7.99. The molecule has 1 aliphatic rings. The minimum absolute atomic E-state index is 0.835. The fourth-order valence-electron chi connectivity index (χ4n) is 7.02. The summed E-state index contributed by atoms with van der Waals surface area (Å²) in [7, 11) is 2.15. The van der Waals surface area contributed by atoms with Gasteiger partial charge < -0.3 is 9.80 Å². The highest BCUT2D eigenvalue weighted by Gasteiger charge is 2.24. The molecule has 5 heteroatoms. The molecule has 0 fully saturated rings. The number of nitrogens with zero attached hydrogens (tertiary/aromatic N) is 4. The number of benzene rings is 6. The molecular formula is C43H32N4S. The Morgan fingerprint density at radius 1 is 0.542 bits per heavy atom. The summed E-state index contributed by atoms with van der Waals surface area (Å²) in [5, 5.41) is 2.44. The SMILES string of the molecule is CN1CN(c2cccc(Sc3ccc4c5ccccc5n(-c5cc(-c6ccccc6-c6ccccc6)ccn5)c4c3)c2)c2ccccc21. The summed E-state index contributed by atoms with van der Waals surface area (Å²) >= 11 is 1.80. The Bertz CT molecular complexity index is 2450. The second-order valence-corrected chi connectivity index (χ2v) is 13.3. The van der Waals surface area contributed by atoms with Crippen molar-refractivity contribution in [2.75, 3.05) is 23.5 Å². The van der Waals surface area contributed by atoms with E-state index in [1.54, 1.807) is 11.8 Å². The van der Waals surface area contributed by atoms with Gasteiger partial charge in [-0.15, -0.1) is 0 Å². The Morgan fingerprint density at radius 3 is 2.12 bits per heavy atom. The van der Waals surface area contributed by atoms with Gasteiger partial charge >= 0.3 is 0 Å². The van der Waals surface area contributed by atoms with Gasteiger partial charge in [0.2, 0.25) is 0 Å². The minimum atomic E-state index is 0.835. The average Bonchev–Trinajstić information content (AvgIpc) is 3.66. The summed E-state index contributed by atoms with van der Waals surface area (Å²) in [6.07, 6.45) is 1.94. The zero-order valence-electron chi connectivity index (χ0n) is 26.5. The molecule has 0 radical (unpaired) electrons. The standard InChI is InChI=1S/C43H32N4S/c1-45-29-46(41-21-10-9-20-40(41)45)32-14-11-15-33(27-32)48-34-22-23-38-37-18-7-8-19-39(37)47(42(38)28-34)43-26-31(24-25-44-43)36-17-6-5-16-35(36)30-12-3-2-4-13-30/h2-28H,29H2,1H3. The molecule has 0 amide bonds. The summed E-state index contributed by atoms with van der Waals surface area (Å²) in [5.74, 6) is 0.905. The molecule has 0 N–H and O–H groups in total. The van der Waals surface area contributed by atoms with E-state index in [0.717, 1.165) is 29.1 Å². The lowest BCUT2D eigenvalue weighted by Gasteiger charge is -2.20. The van der Waals surface area contributed by atoms with Crippen molar-refractivity contribution in [3.63, 3.8) is 0 Å². The summed E-state index contributed by atoms with van der Waals surface area (Å²) in [6, 6.07) is 56.5. The average molecular weight is 637 g/mol. The third-order valence-corrected chi connectivity index (χ3v) is 10.2. The maximum atomic E-state index is 4.95. The van der Waals surface area contributed by atoms with Crippen LogP contribution in [0.15, 0.2) is 174 Å². The number of para-hydroxylation sites is 3. The highest BCUT2D eigenvalue weighted by atomic mass is 32.2. The molecule has 48 heavy (non-hydrogen) atoms. The molecule has 2 aromatic heterocycles. The molecule has 230 valence electrons. The van der Waals surface area contributed by atoms with Crippen molar-refractivity contribution >= 4 is 50.6 Å². The summed E-state index contributed by atoms with van der Waals surface area (Å²) in [5.41, 5.74) is 10.7. The molecule has 0 bridgehead atoms. The van der Waals surface area contributed by atoms with E-state index < -0.39 is 0 Å². The van der Waals surface area contributed by atoms with Crippen LogP contribution in [-0.2, 0) is 0 Å². The van der Waals surface area contributed by atoms with Crippen LogP contribution in [0.25, 0.3) is 49.9 Å². The molecule has 0 atom stereocenters. The molecule has 4 nitrogen and oxygen atoms in total. The van der Waals surface area contributed by atoms with Gasteiger partial charge in [-0.25, -0.2) is 4.98 Å². The number of anilines is 3. The van der Waals surface area contributed by atoms with Crippen molar-refractivity contribution in [1.29, 1.82) is 0 Å². The Morgan fingerprint density at radius 2 is 1.25 bits per heavy atom. The number of fused-ring (bicyclic) bond motifs is 4. The van der Waals surface area contributed by atoms with E-state index in [4.69, 9.17) is 4.98 Å². The second-order valence-electron chi connectivity index (χ2n) is 12.2. The van der Waals surface area contributed by atoms with Crippen molar-refractivity contribution in [3.8, 4) is 28.1 Å². The van der Waals surface area contributed by atoms with Crippen molar-refractivity contribution in [2.24, 2.45) is 0 Å². The number of hydrogen-bond acceptors (Lipinski definition) is 4. The van der Waals surface area contributed by atoms with Crippen LogP contribution in [0.4, 0.5) is 17.1 Å². The zero-order chi connectivity index (χ0) is 32.0. The molecule has 8 aromatic rings. The second kappa shape index (κ2) is 11.8. The van der Waals surface area contributed by atoms with E-state index in [2.05, 4.69) is 179 Å². The Hall–Kier alpha value is -5.78. The first kappa shape index (κ1) is 28.4. The highest BCUT2D eigenvalue weighted by Crippen LogP contribution is 2.42. The van der Waals surface area contributed by atoms with E-state index >= 15 is 0 Å². The first-order valence-electron chi connectivity index (χ1n) is 16.2. The van der Waals surface area contributed by atoms with Gasteiger partial charge in [0.25, 0.3) is 0 Å². The third kappa shape index (κ3) is 4.91. The number of aromatic nitrogens is 2. The molecule has 3 heterocycles. The summed E-state index contributed by atoms with van der Waals surface area (Å²) in [4.78, 5) is 12.0. The summed E-state index contributed by atoms with van der Waals surface area (Å²) < 4.78 is 2.32. The van der Waals surface area contributed by atoms with Crippen LogP contribution in [0.2, 0.25) is 0 Å². The molecule has 0 unspecified atom stereocenters. The predicted octanol–water partition coefficient (Wildman–Crippen LogP) is 11.2. The van der Waals surface area contributed by atoms with E-state index in [1.165, 1.54) is 54.3 Å². The van der Waals surface area contributed by atoms with Gasteiger partial charge in [0.15, 0.2) is 0 Å². The molecule has 0 saturated heterocycles. The predicted molar refractivity (Wildman–Crippen MR) is 202 cm³/mol. The van der Waals surface area contributed by atoms with Crippen LogP contribution in [0.3, 0.4) is 0 Å². The molecule has 9 rings (SSSR count). The molecule has 0 aliphatic carbocycles. The molecule has 6 aromatic carbocycles. The van der Waals surface area contributed by atoms with E-state index in [0.29, 0.717) is 0 Å². The number of rotatable bonds is 6. The van der Waals surface area contributed by atoms with E-state index in [1.807, 2.05) is 6.20 Å². The van der Waals surface area contributed by atoms with Crippen molar-refractivity contribution < 1.29 is 0 Å². The van der Waals surface area contributed by atoms with Crippen molar-refractivity contribution in [1.82, 2.24) is 9.55 Å². The topological polar surface area (TPSA) is 24.3 Å². The first-order chi connectivity index (χ1) is 23.7. The minimum Gasteiger partial charge on any atom is -0.355 e. The molecule has 0 saturated carbocycles. The molecular weight excluding hydrogens is 605 g/mol. The largest absolute Gasteiger partial charge is 0.355 e. The Kier molecular flexibility index (Phi) is 6.98. The van der Waals surface area contributed by atoms with Crippen LogP contribution in [-0.4, -0.2) is 23.3 Å². The lowest BCUT2D eigenvalue weighted by atomic mass is 9.95. The Balaban J connectivity index is 1.12. The van der Waals surface area contributed by atoms with E-state index in [9.17, 15) is 0 Å². The van der Waals surface area contributed by atoms with Crippen LogP contribution >= 0.6 is 11.8 Å². The van der Waals surface area contributed by atoms with Crippen LogP contribution in [0.1, 0.15) is 0 Å². The van der Waals surface area contributed by atoms with Crippen molar-refractivity contribution in [3.05, 3.63) is 164 Å². The van der Waals surface area contributed by atoms with Gasteiger partial charge in [0, 0.05) is 39.5 Å². The monoisotopic (exact) mass is 636 g/mol. The van der Waals surface area contributed by atoms with Gasteiger partial charge in [-0.3, -0.25) is 4.57 Å². The maximum absolute atomic E-state index is 4.95. The first-order valence-corrected chi connectivity index (χ1v) is 17.0. The molecule has 1 aliphatic heterocycles.